The molecule has 2 unspecified atom stereocenters. The Morgan fingerprint density at radius 1 is 1.05 bits per heavy atom. The van der Waals surface area contributed by atoms with Crippen molar-refractivity contribution in [3.8, 4) is 0 Å². The zero-order valence-electron chi connectivity index (χ0n) is 10.9. The van der Waals surface area contributed by atoms with Gasteiger partial charge in [0.2, 0.25) is 0 Å². The maximum atomic E-state index is 13.1. The highest BCUT2D eigenvalue weighted by Gasteiger charge is 2.27. The minimum Gasteiger partial charge on any atom is -0.388 e. The van der Waals surface area contributed by atoms with Crippen molar-refractivity contribution in [3.63, 3.8) is 0 Å². The van der Waals surface area contributed by atoms with Crippen LogP contribution in [0.15, 0.2) is 36.4 Å². The molecule has 0 aromatic heterocycles. The van der Waals surface area contributed by atoms with Crippen LogP contribution in [0.3, 0.4) is 0 Å². The van der Waals surface area contributed by atoms with Crippen molar-refractivity contribution in [2.75, 3.05) is 6.54 Å². The van der Waals surface area contributed by atoms with Gasteiger partial charge in [-0.05, 0) is 29.8 Å². The lowest BCUT2D eigenvalue weighted by atomic mass is 9.89. The molecule has 0 saturated heterocycles. The summed E-state index contributed by atoms with van der Waals surface area (Å²) in [6, 6.07) is 8.90. The fourth-order valence-corrected chi connectivity index (χ4v) is 3.15. The molecule has 6 heteroatoms. The highest BCUT2D eigenvalue weighted by atomic mass is 35.5. The third-order valence-corrected chi connectivity index (χ3v) is 4.28. The molecule has 0 aliphatic heterocycles. The molecule has 112 valence electrons. The second kappa shape index (κ2) is 6.95. The van der Waals surface area contributed by atoms with E-state index in [1.165, 1.54) is 18.2 Å². The number of aliphatic hydroxyl groups excluding tert-OH is 1. The molecule has 0 spiro atoms. The topological polar surface area (TPSA) is 46.2 Å². The maximum absolute atomic E-state index is 13.1. The minimum atomic E-state index is -1.04. The number of aliphatic hydroxyl groups is 1. The van der Waals surface area contributed by atoms with Gasteiger partial charge in [-0.1, -0.05) is 46.9 Å². The highest BCUT2D eigenvalue weighted by molar-refractivity contribution is 6.36. The number of hydrogen-bond donors (Lipinski definition) is 2. The van der Waals surface area contributed by atoms with Gasteiger partial charge >= 0.3 is 0 Å². The van der Waals surface area contributed by atoms with Crippen molar-refractivity contribution in [1.82, 2.24) is 0 Å². The SMILES string of the molecule is NCC(c1ccc(F)cc1Cl)C(O)c1c(Cl)cccc1Cl. The molecule has 3 N–H and O–H groups in total. The monoisotopic (exact) mass is 347 g/mol. The van der Waals surface area contributed by atoms with Crippen LogP contribution in [0.5, 0.6) is 0 Å². The van der Waals surface area contributed by atoms with Crippen molar-refractivity contribution >= 4 is 34.8 Å². The predicted octanol–water partition coefficient (Wildman–Crippen LogP) is 4.56. The summed E-state index contributed by atoms with van der Waals surface area (Å²) in [5.74, 6) is -1.000. The number of rotatable bonds is 4. The van der Waals surface area contributed by atoms with Gasteiger partial charge in [0.1, 0.15) is 5.82 Å². The van der Waals surface area contributed by atoms with Gasteiger partial charge in [-0.15, -0.1) is 0 Å². The molecular weight excluding hydrogens is 336 g/mol. The molecule has 0 amide bonds. The third kappa shape index (κ3) is 3.50. The van der Waals surface area contributed by atoms with E-state index >= 15 is 0 Å². The number of hydrogen-bond acceptors (Lipinski definition) is 2. The van der Waals surface area contributed by atoms with E-state index in [1.54, 1.807) is 18.2 Å². The largest absolute Gasteiger partial charge is 0.388 e. The quantitative estimate of drug-likeness (QED) is 0.850. The zero-order valence-corrected chi connectivity index (χ0v) is 13.1. The van der Waals surface area contributed by atoms with Crippen molar-refractivity contribution in [2.24, 2.45) is 5.73 Å². The first-order valence-corrected chi connectivity index (χ1v) is 7.36. The molecule has 2 atom stereocenters. The maximum Gasteiger partial charge on any atom is 0.124 e. The summed E-state index contributed by atoms with van der Waals surface area (Å²) in [5.41, 5.74) is 6.68. The smallest absolute Gasteiger partial charge is 0.124 e. The van der Waals surface area contributed by atoms with Gasteiger partial charge in [0.05, 0.1) is 6.10 Å². The molecule has 2 aromatic rings. The average molecular weight is 349 g/mol. The van der Waals surface area contributed by atoms with Crippen LogP contribution in [-0.4, -0.2) is 11.7 Å². The molecule has 0 fully saturated rings. The molecular formula is C15H13Cl3FNO. The van der Waals surface area contributed by atoms with Crippen molar-refractivity contribution in [2.45, 2.75) is 12.0 Å². The van der Waals surface area contributed by atoms with Crippen LogP contribution in [0.25, 0.3) is 0 Å². The van der Waals surface area contributed by atoms with Crippen molar-refractivity contribution in [3.05, 3.63) is 68.4 Å². The van der Waals surface area contributed by atoms with E-state index in [-0.39, 0.29) is 11.6 Å². The van der Waals surface area contributed by atoms with E-state index in [0.29, 0.717) is 21.2 Å². The van der Waals surface area contributed by atoms with Crippen LogP contribution in [0.2, 0.25) is 15.1 Å². The van der Waals surface area contributed by atoms with Gasteiger partial charge in [-0.25, -0.2) is 4.39 Å². The van der Waals surface area contributed by atoms with Gasteiger partial charge < -0.3 is 10.8 Å². The number of benzene rings is 2. The zero-order chi connectivity index (χ0) is 15.6. The Labute approximate surface area is 137 Å². The summed E-state index contributed by atoms with van der Waals surface area (Å²) in [7, 11) is 0. The fourth-order valence-electron chi connectivity index (χ4n) is 2.22. The standard InChI is InChI=1S/C15H13Cl3FNO/c16-11-2-1-3-12(17)14(11)15(21)10(7-20)9-5-4-8(19)6-13(9)18/h1-6,10,15,21H,7,20H2. The van der Waals surface area contributed by atoms with Crippen LogP contribution in [0.4, 0.5) is 4.39 Å². The summed E-state index contributed by atoms with van der Waals surface area (Å²) >= 11 is 18.2. The summed E-state index contributed by atoms with van der Waals surface area (Å²) in [4.78, 5) is 0. The summed E-state index contributed by atoms with van der Waals surface area (Å²) in [6.45, 7) is 0.105. The molecule has 0 aliphatic rings. The van der Waals surface area contributed by atoms with E-state index in [4.69, 9.17) is 40.5 Å². The Bertz CT molecular complexity index is 631. The van der Waals surface area contributed by atoms with E-state index in [9.17, 15) is 9.50 Å². The molecule has 0 saturated carbocycles. The third-order valence-electron chi connectivity index (χ3n) is 3.29. The lowest BCUT2D eigenvalue weighted by Gasteiger charge is -2.24. The minimum absolute atomic E-state index is 0.105. The average Bonchev–Trinajstić information content (AvgIpc) is 2.41. The molecule has 21 heavy (non-hydrogen) atoms. The number of halogens is 4. The molecule has 0 radical (unpaired) electrons. The van der Waals surface area contributed by atoms with Crippen LogP contribution in [0, 0.1) is 5.82 Å². The van der Waals surface area contributed by atoms with E-state index in [0.717, 1.165) is 0 Å². The Morgan fingerprint density at radius 2 is 1.67 bits per heavy atom. The Kier molecular flexibility index (Phi) is 5.47. The van der Waals surface area contributed by atoms with Crippen LogP contribution < -0.4 is 5.73 Å². The first-order valence-electron chi connectivity index (χ1n) is 6.22. The van der Waals surface area contributed by atoms with E-state index < -0.39 is 17.8 Å². The summed E-state index contributed by atoms with van der Waals surface area (Å²) in [5, 5.41) is 11.5. The fraction of sp³-hybridized carbons (Fsp3) is 0.200. The van der Waals surface area contributed by atoms with Crippen LogP contribution >= 0.6 is 34.8 Å². The predicted molar refractivity (Wildman–Crippen MR) is 84.6 cm³/mol. The second-order valence-corrected chi connectivity index (χ2v) is 5.81. The first-order chi connectivity index (χ1) is 9.95. The normalized spacial score (nSPS) is 14.0. The lowest BCUT2D eigenvalue weighted by molar-refractivity contribution is 0.147. The van der Waals surface area contributed by atoms with Crippen molar-refractivity contribution in [1.29, 1.82) is 0 Å². The molecule has 2 rings (SSSR count). The van der Waals surface area contributed by atoms with Gasteiger partial charge in [0.25, 0.3) is 0 Å². The number of nitrogens with two attached hydrogens (primary N) is 1. The Balaban J connectivity index is 2.46. The summed E-state index contributed by atoms with van der Waals surface area (Å²) < 4.78 is 13.1. The van der Waals surface area contributed by atoms with Crippen LogP contribution in [0.1, 0.15) is 23.1 Å². The van der Waals surface area contributed by atoms with E-state index in [2.05, 4.69) is 0 Å². The van der Waals surface area contributed by atoms with Gasteiger partial charge in [0.15, 0.2) is 0 Å². The van der Waals surface area contributed by atoms with Gasteiger partial charge in [-0.2, -0.15) is 0 Å². The Morgan fingerprint density at radius 3 is 2.19 bits per heavy atom. The lowest BCUT2D eigenvalue weighted by Crippen LogP contribution is -2.21. The first kappa shape index (κ1) is 16.5. The van der Waals surface area contributed by atoms with Crippen LogP contribution in [-0.2, 0) is 0 Å². The molecule has 2 aromatic carbocycles. The molecule has 0 aliphatic carbocycles. The van der Waals surface area contributed by atoms with Gasteiger partial charge in [0, 0.05) is 33.1 Å². The molecule has 0 heterocycles. The highest BCUT2D eigenvalue weighted by Crippen LogP contribution is 2.40. The molecule has 0 bridgehead atoms. The van der Waals surface area contributed by atoms with Gasteiger partial charge in [-0.3, -0.25) is 0 Å². The second-order valence-electron chi connectivity index (χ2n) is 4.59. The Hall–Kier alpha value is -0.840. The summed E-state index contributed by atoms with van der Waals surface area (Å²) in [6.07, 6.45) is -1.04. The van der Waals surface area contributed by atoms with Crippen molar-refractivity contribution < 1.29 is 9.50 Å². The van der Waals surface area contributed by atoms with E-state index in [1.807, 2.05) is 0 Å². The molecule has 2 nitrogen and oxygen atoms in total.